The smallest absolute Gasteiger partial charge is 0.317 e. The number of carboxylic acid groups (broad SMARTS) is 1. The number of nitrogens with one attached hydrogen (secondary N) is 1. The van der Waals surface area contributed by atoms with Crippen LogP contribution in [0.3, 0.4) is 0 Å². The minimum Gasteiger partial charge on any atom is -0.480 e. The molecule has 0 saturated carbocycles. The zero-order valence-electron chi connectivity index (χ0n) is 13.4. The molecule has 0 aliphatic heterocycles. The molecule has 2 N–H and O–H groups in total. The normalized spacial score (nSPS) is 10.8. The van der Waals surface area contributed by atoms with Gasteiger partial charge in [-0.15, -0.1) is 0 Å². The lowest BCUT2D eigenvalue weighted by atomic mass is 10.1. The number of benzene rings is 1. The summed E-state index contributed by atoms with van der Waals surface area (Å²) in [6.07, 6.45) is 0.105. The van der Waals surface area contributed by atoms with Crippen LogP contribution in [-0.2, 0) is 9.59 Å². The van der Waals surface area contributed by atoms with Crippen LogP contribution >= 0.6 is 0 Å². The van der Waals surface area contributed by atoms with Gasteiger partial charge in [0.25, 0.3) is 5.69 Å². The molecule has 1 rings (SSSR count). The lowest BCUT2D eigenvalue weighted by molar-refractivity contribution is -0.384. The van der Waals surface area contributed by atoms with Crippen LogP contribution in [0.15, 0.2) is 18.2 Å². The summed E-state index contributed by atoms with van der Waals surface area (Å²) in [7, 11) is 0. The number of aryl methyl sites for hydroxylation is 1. The number of rotatable bonds is 8. The number of aliphatic carboxylic acids is 1. The molecule has 0 radical (unpaired) electrons. The molecule has 0 bridgehead atoms. The Morgan fingerprint density at radius 3 is 2.57 bits per heavy atom. The van der Waals surface area contributed by atoms with Gasteiger partial charge in [0, 0.05) is 31.1 Å². The summed E-state index contributed by atoms with van der Waals surface area (Å²) < 4.78 is 0. The second kappa shape index (κ2) is 8.23. The Balaban J connectivity index is 2.67. The van der Waals surface area contributed by atoms with E-state index in [1.54, 1.807) is 17.9 Å². The van der Waals surface area contributed by atoms with Crippen molar-refractivity contribution in [2.24, 2.45) is 0 Å². The molecule has 1 aromatic carbocycles. The first kappa shape index (κ1) is 18.6. The van der Waals surface area contributed by atoms with E-state index in [9.17, 15) is 19.7 Å². The Morgan fingerprint density at radius 2 is 2.04 bits per heavy atom. The number of carbonyl (C=O) groups excluding carboxylic acids is 1. The van der Waals surface area contributed by atoms with Gasteiger partial charge in [-0.25, -0.2) is 0 Å². The van der Waals surface area contributed by atoms with Crippen molar-refractivity contribution in [2.75, 3.05) is 18.4 Å². The fraction of sp³-hybridized carbons (Fsp3) is 0.467. The second-order valence-corrected chi connectivity index (χ2v) is 5.51. The van der Waals surface area contributed by atoms with E-state index in [2.05, 4.69) is 5.32 Å². The number of nitro groups is 1. The number of amides is 1. The number of hydrogen-bond donors (Lipinski definition) is 2. The predicted molar refractivity (Wildman–Crippen MR) is 85.4 cm³/mol. The lowest BCUT2D eigenvalue weighted by Gasteiger charge is -2.24. The number of non-ortho nitro benzene ring substituents is 1. The topological polar surface area (TPSA) is 113 Å². The van der Waals surface area contributed by atoms with E-state index in [0.29, 0.717) is 12.2 Å². The van der Waals surface area contributed by atoms with E-state index >= 15 is 0 Å². The number of nitro benzene ring substituents is 1. The minimum absolute atomic E-state index is 0.00144. The highest BCUT2D eigenvalue weighted by atomic mass is 16.6. The highest BCUT2D eigenvalue weighted by molar-refractivity contribution is 5.92. The molecule has 0 unspecified atom stereocenters. The van der Waals surface area contributed by atoms with Crippen LogP contribution in [0, 0.1) is 17.0 Å². The fourth-order valence-corrected chi connectivity index (χ4v) is 2.01. The predicted octanol–water partition coefficient (Wildman–Crippen LogP) is 2.03. The van der Waals surface area contributed by atoms with Crippen LogP contribution in [0.2, 0.25) is 0 Å². The molecular formula is C15H21N3O5. The van der Waals surface area contributed by atoms with Gasteiger partial charge in [0.1, 0.15) is 0 Å². The van der Waals surface area contributed by atoms with Gasteiger partial charge < -0.3 is 10.4 Å². The third kappa shape index (κ3) is 6.03. The van der Waals surface area contributed by atoms with Crippen LogP contribution in [0.4, 0.5) is 11.4 Å². The molecule has 0 saturated heterocycles. The third-order valence-corrected chi connectivity index (χ3v) is 3.40. The van der Waals surface area contributed by atoms with E-state index < -0.39 is 10.9 Å². The van der Waals surface area contributed by atoms with Gasteiger partial charge >= 0.3 is 5.97 Å². The molecule has 126 valence electrons. The maximum atomic E-state index is 12.0. The Kier molecular flexibility index (Phi) is 6.65. The second-order valence-electron chi connectivity index (χ2n) is 5.51. The largest absolute Gasteiger partial charge is 0.480 e. The van der Waals surface area contributed by atoms with Gasteiger partial charge in [-0.2, -0.15) is 0 Å². The summed E-state index contributed by atoms with van der Waals surface area (Å²) in [4.78, 5) is 34.7. The average Bonchev–Trinajstić information content (AvgIpc) is 2.44. The Morgan fingerprint density at radius 1 is 1.39 bits per heavy atom. The van der Waals surface area contributed by atoms with Crippen molar-refractivity contribution < 1.29 is 19.6 Å². The molecular weight excluding hydrogens is 302 g/mol. The number of carbonyl (C=O) groups is 2. The Hall–Kier alpha value is -2.48. The molecule has 0 aromatic heterocycles. The molecule has 23 heavy (non-hydrogen) atoms. The van der Waals surface area contributed by atoms with Crippen molar-refractivity contribution in [1.82, 2.24) is 4.90 Å². The SMILES string of the molecule is Cc1ccc([N+](=O)[O-])cc1NC(=O)CCN(CC(=O)O)C(C)C. The zero-order valence-corrected chi connectivity index (χ0v) is 13.4. The van der Waals surface area contributed by atoms with Gasteiger partial charge in [-0.1, -0.05) is 6.07 Å². The van der Waals surface area contributed by atoms with Crippen molar-refractivity contribution in [3.63, 3.8) is 0 Å². The monoisotopic (exact) mass is 323 g/mol. The maximum Gasteiger partial charge on any atom is 0.317 e. The van der Waals surface area contributed by atoms with Crippen LogP contribution in [-0.4, -0.2) is 45.9 Å². The number of nitrogens with zero attached hydrogens (tertiary/aromatic N) is 2. The zero-order chi connectivity index (χ0) is 17.6. The summed E-state index contributed by atoms with van der Waals surface area (Å²) in [6, 6.07) is 4.25. The first-order valence-corrected chi connectivity index (χ1v) is 7.21. The molecule has 0 atom stereocenters. The average molecular weight is 323 g/mol. The van der Waals surface area contributed by atoms with Crippen molar-refractivity contribution in [1.29, 1.82) is 0 Å². The summed E-state index contributed by atoms with van der Waals surface area (Å²) >= 11 is 0. The molecule has 0 heterocycles. The standard InChI is InChI=1S/C15H21N3O5/c1-10(2)17(9-15(20)21)7-6-14(19)16-13-8-12(18(22)23)5-4-11(13)3/h4-5,8,10H,6-7,9H2,1-3H3,(H,16,19)(H,20,21). The molecule has 0 spiro atoms. The van der Waals surface area contributed by atoms with E-state index in [4.69, 9.17) is 5.11 Å². The van der Waals surface area contributed by atoms with E-state index in [-0.39, 0.29) is 30.6 Å². The van der Waals surface area contributed by atoms with Crippen LogP contribution in [0.5, 0.6) is 0 Å². The Labute approximate surface area is 134 Å². The molecule has 0 aliphatic rings. The van der Waals surface area contributed by atoms with Gasteiger partial charge in [0.15, 0.2) is 0 Å². The van der Waals surface area contributed by atoms with Crippen molar-refractivity contribution in [3.05, 3.63) is 33.9 Å². The fourth-order valence-electron chi connectivity index (χ4n) is 2.01. The van der Waals surface area contributed by atoms with Crippen LogP contribution < -0.4 is 5.32 Å². The first-order chi connectivity index (χ1) is 10.7. The molecule has 1 aromatic rings. The summed E-state index contributed by atoms with van der Waals surface area (Å²) in [5.41, 5.74) is 1.01. The minimum atomic E-state index is -0.950. The van der Waals surface area contributed by atoms with Crippen molar-refractivity contribution in [2.45, 2.75) is 33.2 Å². The van der Waals surface area contributed by atoms with Crippen LogP contribution in [0.25, 0.3) is 0 Å². The lowest BCUT2D eigenvalue weighted by Crippen LogP contribution is -2.37. The third-order valence-electron chi connectivity index (χ3n) is 3.40. The highest BCUT2D eigenvalue weighted by Crippen LogP contribution is 2.21. The van der Waals surface area contributed by atoms with Crippen LogP contribution in [0.1, 0.15) is 25.8 Å². The number of anilines is 1. The first-order valence-electron chi connectivity index (χ1n) is 7.21. The summed E-state index contributed by atoms with van der Waals surface area (Å²) in [5, 5.41) is 22.3. The van der Waals surface area contributed by atoms with Gasteiger partial charge in [-0.05, 0) is 26.3 Å². The number of carboxylic acids is 1. The van der Waals surface area contributed by atoms with Crippen molar-refractivity contribution in [3.8, 4) is 0 Å². The molecule has 0 aliphatic carbocycles. The molecule has 0 fully saturated rings. The summed E-state index contributed by atoms with van der Waals surface area (Å²) in [6.45, 7) is 5.60. The Bertz CT molecular complexity index is 601. The van der Waals surface area contributed by atoms with Gasteiger partial charge in [-0.3, -0.25) is 24.6 Å². The maximum absolute atomic E-state index is 12.0. The van der Waals surface area contributed by atoms with Gasteiger partial charge in [0.05, 0.1) is 17.2 Å². The molecule has 8 heteroatoms. The molecule has 8 nitrogen and oxygen atoms in total. The van der Waals surface area contributed by atoms with E-state index in [0.717, 1.165) is 5.56 Å². The summed E-state index contributed by atoms with van der Waals surface area (Å²) in [5.74, 6) is -1.27. The highest BCUT2D eigenvalue weighted by Gasteiger charge is 2.16. The van der Waals surface area contributed by atoms with E-state index in [1.165, 1.54) is 12.1 Å². The molecule has 1 amide bonds. The van der Waals surface area contributed by atoms with Gasteiger partial charge in [0.2, 0.25) is 5.91 Å². The number of hydrogen-bond acceptors (Lipinski definition) is 5. The van der Waals surface area contributed by atoms with Crippen molar-refractivity contribution >= 4 is 23.3 Å². The quantitative estimate of drug-likeness (QED) is 0.559. The van der Waals surface area contributed by atoms with E-state index in [1.807, 2.05) is 13.8 Å².